The van der Waals surface area contributed by atoms with Crippen molar-refractivity contribution < 1.29 is 9.59 Å². The summed E-state index contributed by atoms with van der Waals surface area (Å²) in [6.07, 6.45) is 7.71. The lowest BCUT2D eigenvalue weighted by Gasteiger charge is -2.18. The van der Waals surface area contributed by atoms with Gasteiger partial charge in [-0.05, 0) is 31.9 Å². The topological polar surface area (TPSA) is 82.3 Å². The van der Waals surface area contributed by atoms with Crippen LogP contribution in [-0.4, -0.2) is 37.1 Å². The molecule has 0 heterocycles. The first-order valence-electron chi connectivity index (χ1n) is 9.29. The van der Waals surface area contributed by atoms with Crippen LogP contribution < -0.4 is 21.3 Å². The largest absolute Gasteiger partial charge is 0.353 e. The van der Waals surface area contributed by atoms with Crippen LogP contribution in [0.1, 0.15) is 45.4 Å². The summed E-state index contributed by atoms with van der Waals surface area (Å²) in [5, 5.41) is 11.7. The molecule has 0 bridgehead atoms. The van der Waals surface area contributed by atoms with E-state index in [9.17, 15) is 9.59 Å². The van der Waals surface area contributed by atoms with Crippen LogP contribution in [0.2, 0.25) is 0 Å². The van der Waals surface area contributed by atoms with E-state index < -0.39 is 6.04 Å². The fourth-order valence-corrected chi connectivity index (χ4v) is 3.05. The van der Waals surface area contributed by atoms with Crippen molar-refractivity contribution in [1.29, 1.82) is 0 Å². The van der Waals surface area contributed by atoms with Gasteiger partial charge in [0.2, 0.25) is 5.91 Å². The predicted molar refractivity (Wildman–Crippen MR) is 108 cm³/mol. The first-order chi connectivity index (χ1) is 12.1. The maximum atomic E-state index is 12.1. The Morgan fingerprint density at radius 2 is 1.69 bits per heavy atom. The molecule has 0 aliphatic heterocycles. The first kappa shape index (κ1) is 22.3. The van der Waals surface area contributed by atoms with Crippen molar-refractivity contribution in [3.8, 4) is 0 Å². The third-order valence-electron chi connectivity index (χ3n) is 4.48. The lowest BCUT2D eigenvalue weighted by molar-refractivity contribution is -0.122. The predicted octanol–water partition coefficient (Wildman–Crippen LogP) is 3.05. The highest BCUT2D eigenvalue weighted by atomic mass is 35.5. The SMILES string of the molecule is CC(NC(=O)Nc1ccccc1)C(=O)NCCNC1CCCCCC1.Cl. The van der Waals surface area contributed by atoms with Crippen molar-refractivity contribution in [1.82, 2.24) is 16.0 Å². The summed E-state index contributed by atoms with van der Waals surface area (Å²) in [5.74, 6) is -0.175. The van der Waals surface area contributed by atoms with Crippen molar-refractivity contribution in [3.63, 3.8) is 0 Å². The molecule has 1 aliphatic rings. The molecule has 2 rings (SSSR count). The maximum Gasteiger partial charge on any atom is 0.319 e. The summed E-state index contributed by atoms with van der Waals surface area (Å²) in [4.78, 5) is 23.9. The fraction of sp³-hybridized carbons (Fsp3) is 0.579. The second-order valence-electron chi connectivity index (χ2n) is 6.62. The Kier molecular flexibility index (Phi) is 10.7. The average Bonchev–Trinajstić information content (AvgIpc) is 2.88. The summed E-state index contributed by atoms with van der Waals surface area (Å²) in [5.41, 5.74) is 0.695. The van der Waals surface area contributed by atoms with Gasteiger partial charge in [0.25, 0.3) is 0 Å². The van der Waals surface area contributed by atoms with Gasteiger partial charge in [-0.15, -0.1) is 12.4 Å². The van der Waals surface area contributed by atoms with Gasteiger partial charge in [0.05, 0.1) is 0 Å². The number of para-hydroxylation sites is 1. The van der Waals surface area contributed by atoms with Crippen molar-refractivity contribution >= 4 is 30.0 Å². The molecule has 1 unspecified atom stereocenters. The molecule has 26 heavy (non-hydrogen) atoms. The second kappa shape index (κ2) is 12.5. The minimum absolute atomic E-state index is 0. The standard InChI is InChI=1S/C19H30N4O2.ClH/c1-15(22-19(25)23-17-11-7-4-8-12-17)18(24)21-14-13-20-16-9-5-2-3-6-10-16;/h4,7-8,11-12,15-16,20H,2-3,5-6,9-10,13-14H2,1H3,(H,21,24)(H2,22,23,25);1H. The molecule has 1 aromatic carbocycles. The number of halogens is 1. The average molecular weight is 383 g/mol. The minimum Gasteiger partial charge on any atom is -0.353 e. The summed E-state index contributed by atoms with van der Waals surface area (Å²) in [6, 6.07) is 8.76. The van der Waals surface area contributed by atoms with Gasteiger partial charge in [-0.1, -0.05) is 43.9 Å². The summed E-state index contributed by atoms with van der Waals surface area (Å²) >= 11 is 0. The molecule has 0 saturated heterocycles. The number of hydrogen-bond acceptors (Lipinski definition) is 3. The van der Waals surface area contributed by atoms with Gasteiger partial charge in [0.1, 0.15) is 6.04 Å². The minimum atomic E-state index is -0.582. The molecule has 7 heteroatoms. The number of urea groups is 1. The van der Waals surface area contributed by atoms with Crippen molar-refractivity contribution in [2.45, 2.75) is 57.5 Å². The summed E-state index contributed by atoms with van der Waals surface area (Å²) < 4.78 is 0. The van der Waals surface area contributed by atoms with Crippen LogP contribution in [-0.2, 0) is 4.79 Å². The van der Waals surface area contributed by atoms with E-state index in [-0.39, 0.29) is 24.3 Å². The molecule has 6 nitrogen and oxygen atoms in total. The smallest absolute Gasteiger partial charge is 0.319 e. The van der Waals surface area contributed by atoms with Gasteiger partial charge in [0.15, 0.2) is 0 Å². The van der Waals surface area contributed by atoms with E-state index in [4.69, 9.17) is 0 Å². The van der Waals surface area contributed by atoms with Crippen LogP contribution in [0.25, 0.3) is 0 Å². The zero-order chi connectivity index (χ0) is 17.9. The van der Waals surface area contributed by atoms with Crippen LogP contribution in [0.15, 0.2) is 30.3 Å². The number of nitrogens with one attached hydrogen (secondary N) is 4. The Balaban J connectivity index is 0.00000338. The Morgan fingerprint density at radius 1 is 1.04 bits per heavy atom. The molecular formula is C19H31ClN4O2. The quantitative estimate of drug-likeness (QED) is 0.432. The molecule has 1 aliphatic carbocycles. The third kappa shape index (κ3) is 8.54. The molecule has 1 atom stereocenters. The molecule has 146 valence electrons. The van der Waals surface area contributed by atoms with Gasteiger partial charge in [-0.25, -0.2) is 4.79 Å². The van der Waals surface area contributed by atoms with E-state index in [1.807, 2.05) is 18.2 Å². The molecule has 0 radical (unpaired) electrons. The van der Waals surface area contributed by atoms with E-state index in [2.05, 4.69) is 21.3 Å². The van der Waals surface area contributed by atoms with Crippen molar-refractivity contribution in [3.05, 3.63) is 30.3 Å². The van der Waals surface area contributed by atoms with Gasteiger partial charge >= 0.3 is 6.03 Å². The molecule has 1 saturated carbocycles. The lowest BCUT2D eigenvalue weighted by atomic mass is 10.1. The normalized spacial score (nSPS) is 15.9. The zero-order valence-corrected chi connectivity index (χ0v) is 16.2. The Labute approximate surface area is 162 Å². The van der Waals surface area contributed by atoms with Gasteiger partial charge in [0, 0.05) is 24.8 Å². The molecule has 1 fully saturated rings. The molecule has 4 N–H and O–H groups in total. The number of rotatable bonds is 7. The number of benzene rings is 1. The molecule has 3 amide bonds. The third-order valence-corrected chi connectivity index (χ3v) is 4.48. The maximum absolute atomic E-state index is 12.1. The Bertz CT molecular complexity index is 534. The van der Waals surface area contributed by atoms with Crippen LogP contribution in [0.3, 0.4) is 0 Å². The molecule has 1 aromatic rings. The van der Waals surface area contributed by atoms with Crippen molar-refractivity contribution in [2.24, 2.45) is 0 Å². The number of hydrogen-bond donors (Lipinski definition) is 4. The molecule has 0 spiro atoms. The number of amides is 3. The zero-order valence-electron chi connectivity index (χ0n) is 15.4. The highest BCUT2D eigenvalue weighted by molar-refractivity contribution is 5.93. The van der Waals surface area contributed by atoms with Gasteiger partial charge in [-0.2, -0.15) is 0 Å². The first-order valence-corrected chi connectivity index (χ1v) is 9.29. The van der Waals surface area contributed by atoms with E-state index in [1.54, 1.807) is 19.1 Å². The Morgan fingerprint density at radius 3 is 2.35 bits per heavy atom. The summed E-state index contributed by atoms with van der Waals surface area (Å²) in [6.45, 7) is 3.01. The van der Waals surface area contributed by atoms with Crippen LogP contribution in [0.5, 0.6) is 0 Å². The number of anilines is 1. The van der Waals surface area contributed by atoms with E-state index in [0.717, 1.165) is 6.54 Å². The number of carbonyl (C=O) groups excluding carboxylic acids is 2. The highest BCUT2D eigenvalue weighted by Gasteiger charge is 2.15. The summed E-state index contributed by atoms with van der Waals surface area (Å²) in [7, 11) is 0. The lowest BCUT2D eigenvalue weighted by Crippen LogP contribution is -2.48. The monoisotopic (exact) mass is 382 g/mol. The van der Waals surface area contributed by atoms with Crippen LogP contribution in [0, 0.1) is 0 Å². The van der Waals surface area contributed by atoms with Crippen LogP contribution in [0.4, 0.5) is 10.5 Å². The fourth-order valence-electron chi connectivity index (χ4n) is 3.05. The van der Waals surface area contributed by atoms with E-state index >= 15 is 0 Å². The highest BCUT2D eigenvalue weighted by Crippen LogP contribution is 2.16. The Hall–Kier alpha value is -1.79. The second-order valence-corrected chi connectivity index (χ2v) is 6.62. The van der Waals surface area contributed by atoms with Gasteiger partial charge in [-0.3, -0.25) is 4.79 Å². The molecular weight excluding hydrogens is 352 g/mol. The van der Waals surface area contributed by atoms with Crippen molar-refractivity contribution in [2.75, 3.05) is 18.4 Å². The molecule has 0 aromatic heterocycles. The van der Waals surface area contributed by atoms with Crippen LogP contribution >= 0.6 is 12.4 Å². The van der Waals surface area contributed by atoms with E-state index in [0.29, 0.717) is 18.3 Å². The van der Waals surface area contributed by atoms with E-state index in [1.165, 1.54) is 38.5 Å². The number of carbonyl (C=O) groups is 2. The van der Waals surface area contributed by atoms with Gasteiger partial charge < -0.3 is 21.3 Å².